The van der Waals surface area contributed by atoms with Gasteiger partial charge in [-0.05, 0) is 31.7 Å². The van der Waals surface area contributed by atoms with E-state index in [1.54, 1.807) is 4.90 Å². The van der Waals surface area contributed by atoms with Crippen LogP contribution in [-0.2, 0) is 0 Å². The molecular weight excluding hydrogens is 282 g/mol. The van der Waals surface area contributed by atoms with Gasteiger partial charge in [0.25, 0.3) is 11.6 Å². The van der Waals surface area contributed by atoms with Gasteiger partial charge in [-0.15, -0.1) is 0 Å². The third-order valence-corrected chi connectivity index (χ3v) is 3.88. The summed E-state index contributed by atoms with van der Waals surface area (Å²) in [7, 11) is 0. The van der Waals surface area contributed by atoms with Gasteiger partial charge in [-0.3, -0.25) is 14.9 Å². The van der Waals surface area contributed by atoms with Crippen LogP contribution in [0, 0.1) is 16.0 Å². The van der Waals surface area contributed by atoms with Crippen molar-refractivity contribution in [1.82, 2.24) is 9.88 Å². The fraction of sp³-hybridized carbons (Fsp3) is 0.538. The number of nitro groups is 1. The lowest BCUT2D eigenvalue weighted by atomic mass is 9.93. The Morgan fingerprint density at radius 3 is 2.85 bits per heavy atom. The van der Waals surface area contributed by atoms with Crippen molar-refractivity contribution in [3.05, 3.63) is 33.1 Å². The highest BCUT2D eigenvalue weighted by Gasteiger charge is 2.31. The smallest absolute Gasteiger partial charge is 0.300 e. The van der Waals surface area contributed by atoms with E-state index < -0.39 is 4.92 Å². The van der Waals surface area contributed by atoms with Crippen LogP contribution in [0.4, 0.5) is 5.69 Å². The first kappa shape index (κ1) is 14.7. The summed E-state index contributed by atoms with van der Waals surface area (Å²) in [5, 5.41) is 11.1. The summed E-state index contributed by atoms with van der Waals surface area (Å²) in [5.74, 6) is 0.213. The van der Waals surface area contributed by atoms with E-state index in [0.717, 1.165) is 19.0 Å². The molecule has 1 aromatic rings. The van der Waals surface area contributed by atoms with Crippen molar-refractivity contribution in [3.8, 4) is 0 Å². The molecule has 1 aliphatic rings. The number of hydrogen-bond donors (Lipinski definition) is 0. The lowest BCUT2D eigenvalue weighted by Crippen LogP contribution is -2.44. The van der Waals surface area contributed by atoms with Crippen LogP contribution >= 0.6 is 11.6 Å². The minimum absolute atomic E-state index is 0.0106. The van der Waals surface area contributed by atoms with Crippen molar-refractivity contribution in [1.29, 1.82) is 0 Å². The molecule has 1 fully saturated rings. The molecule has 1 aliphatic heterocycles. The van der Waals surface area contributed by atoms with Gasteiger partial charge in [-0.25, -0.2) is 4.98 Å². The Morgan fingerprint density at radius 2 is 2.25 bits per heavy atom. The Balaban J connectivity index is 2.33. The summed E-state index contributed by atoms with van der Waals surface area (Å²) in [6.45, 7) is 4.71. The molecule has 20 heavy (non-hydrogen) atoms. The number of halogens is 1. The van der Waals surface area contributed by atoms with E-state index in [0.29, 0.717) is 12.5 Å². The molecule has 2 unspecified atom stereocenters. The van der Waals surface area contributed by atoms with Gasteiger partial charge < -0.3 is 4.90 Å². The Kier molecular flexibility index (Phi) is 4.23. The Labute approximate surface area is 121 Å². The third kappa shape index (κ3) is 2.90. The van der Waals surface area contributed by atoms with Gasteiger partial charge in [0.05, 0.1) is 4.92 Å². The Bertz CT molecular complexity index is 550. The topological polar surface area (TPSA) is 76.3 Å². The zero-order valence-electron chi connectivity index (χ0n) is 11.4. The number of rotatable bonds is 2. The lowest BCUT2D eigenvalue weighted by Gasteiger charge is -2.36. The average molecular weight is 298 g/mol. The fourth-order valence-corrected chi connectivity index (χ4v) is 2.76. The van der Waals surface area contributed by atoms with Crippen molar-refractivity contribution in [2.45, 2.75) is 32.7 Å². The molecule has 0 bridgehead atoms. The summed E-state index contributed by atoms with van der Waals surface area (Å²) in [6, 6.07) is 1.34. The molecule has 0 aliphatic carbocycles. The monoisotopic (exact) mass is 297 g/mol. The van der Waals surface area contributed by atoms with E-state index in [1.165, 1.54) is 6.07 Å². The van der Waals surface area contributed by atoms with E-state index >= 15 is 0 Å². The summed E-state index contributed by atoms with van der Waals surface area (Å²) >= 11 is 5.76. The van der Waals surface area contributed by atoms with Crippen molar-refractivity contribution < 1.29 is 9.72 Å². The molecule has 6 nitrogen and oxygen atoms in total. The normalized spacial score (nSPS) is 22.6. The fourth-order valence-electron chi connectivity index (χ4n) is 2.60. The van der Waals surface area contributed by atoms with Crippen LogP contribution < -0.4 is 0 Å². The van der Waals surface area contributed by atoms with Gasteiger partial charge in [-0.1, -0.05) is 18.5 Å². The number of carbonyl (C=O) groups excluding carboxylic acids is 1. The van der Waals surface area contributed by atoms with E-state index in [2.05, 4.69) is 11.9 Å². The molecule has 0 spiro atoms. The highest BCUT2D eigenvalue weighted by molar-refractivity contribution is 6.29. The summed E-state index contributed by atoms with van der Waals surface area (Å²) in [6.07, 6.45) is 2.84. The highest BCUT2D eigenvalue weighted by atomic mass is 35.5. The first-order chi connectivity index (χ1) is 9.40. The van der Waals surface area contributed by atoms with E-state index in [-0.39, 0.29) is 28.4 Å². The average Bonchev–Trinajstić information content (AvgIpc) is 2.37. The molecular formula is C13H16ClN3O3. The van der Waals surface area contributed by atoms with Gasteiger partial charge in [0.15, 0.2) is 0 Å². The molecule has 0 aromatic carbocycles. The highest BCUT2D eigenvalue weighted by Crippen LogP contribution is 2.27. The Hall–Kier alpha value is -1.69. The molecule has 1 amide bonds. The third-order valence-electron chi connectivity index (χ3n) is 3.68. The first-order valence-electron chi connectivity index (χ1n) is 6.51. The molecule has 1 saturated heterocycles. The molecule has 7 heteroatoms. The number of hydrogen-bond acceptors (Lipinski definition) is 4. The first-order valence-corrected chi connectivity index (χ1v) is 6.89. The molecule has 2 heterocycles. The maximum absolute atomic E-state index is 12.5. The molecule has 108 valence electrons. The number of aromatic nitrogens is 1. The number of nitrogens with zero attached hydrogens (tertiary/aromatic N) is 3. The van der Waals surface area contributed by atoms with E-state index in [1.807, 2.05) is 6.92 Å². The van der Waals surface area contributed by atoms with Crippen molar-refractivity contribution in [2.75, 3.05) is 6.54 Å². The van der Waals surface area contributed by atoms with E-state index in [9.17, 15) is 14.9 Å². The predicted octanol–water partition coefficient (Wildman–Crippen LogP) is 2.90. The van der Waals surface area contributed by atoms with Crippen LogP contribution in [0.15, 0.2) is 12.3 Å². The Morgan fingerprint density at radius 1 is 1.55 bits per heavy atom. The maximum Gasteiger partial charge on any atom is 0.300 e. The minimum atomic E-state index is -0.603. The maximum atomic E-state index is 12.5. The second kappa shape index (κ2) is 5.75. The summed E-state index contributed by atoms with van der Waals surface area (Å²) in [4.78, 5) is 28.3. The van der Waals surface area contributed by atoms with Crippen LogP contribution in [0.1, 0.15) is 37.0 Å². The number of piperidine rings is 1. The number of pyridine rings is 1. The van der Waals surface area contributed by atoms with Crippen molar-refractivity contribution in [3.63, 3.8) is 0 Å². The number of amides is 1. The zero-order chi connectivity index (χ0) is 14.9. The molecule has 1 aromatic heterocycles. The van der Waals surface area contributed by atoms with Gasteiger partial charge in [0.1, 0.15) is 16.9 Å². The molecule has 0 N–H and O–H groups in total. The predicted molar refractivity (Wildman–Crippen MR) is 74.8 cm³/mol. The van der Waals surface area contributed by atoms with Crippen molar-refractivity contribution >= 4 is 23.2 Å². The van der Waals surface area contributed by atoms with Gasteiger partial charge >= 0.3 is 0 Å². The van der Waals surface area contributed by atoms with Crippen LogP contribution in [-0.4, -0.2) is 33.3 Å². The van der Waals surface area contributed by atoms with Gasteiger partial charge in [0.2, 0.25) is 0 Å². The molecule has 0 radical (unpaired) electrons. The minimum Gasteiger partial charge on any atom is -0.336 e. The van der Waals surface area contributed by atoms with E-state index in [4.69, 9.17) is 11.6 Å². The SMILES string of the molecule is CC1CCN(C(=O)c2cc(Cl)ncc2[N+](=O)[O-])C(C)C1. The number of carbonyl (C=O) groups is 1. The summed E-state index contributed by atoms with van der Waals surface area (Å²) in [5.41, 5.74) is -0.290. The van der Waals surface area contributed by atoms with Gasteiger partial charge in [0, 0.05) is 12.6 Å². The second-order valence-electron chi connectivity index (χ2n) is 5.26. The lowest BCUT2D eigenvalue weighted by molar-refractivity contribution is -0.385. The van der Waals surface area contributed by atoms with Crippen LogP contribution in [0.2, 0.25) is 5.15 Å². The zero-order valence-corrected chi connectivity index (χ0v) is 12.1. The standard InChI is InChI=1S/C13H16ClN3O3/c1-8-3-4-16(9(2)5-8)13(18)10-6-12(14)15-7-11(10)17(19)20/h6-9H,3-5H2,1-2H3. The molecule has 2 atom stereocenters. The van der Waals surface area contributed by atoms with Gasteiger partial charge in [-0.2, -0.15) is 0 Å². The number of likely N-dealkylation sites (tertiary alicyclic amines) is 1. The molecule has 0 saturated carbocycles. The largest absolute Gasteiger partial charge is 0.336 e. The second-order valence-corrected chi connectivity index (χ2v) is 5.65. The quantitative estimate of drug-likeness (QED) is 0.478. The summed E-state index contributed by atoms with van der Waals surface area (Å²) < 4.78 is 0. The van der Waals surface area contributed by atoms with Crippen LogP contribution in [0.5, 0.6) is 0 Å². The van der Waals surface area contributed by atoms with Crippen LogP contribution in [0.3, 0.4) is 0 Å². The van der Waals surface area contributed by atoms with Crippen molar-refractivity contribution in [2.24, 2.45) is 5.92 Å². The van der Waals surface area contributed by atoms with Crippen LogP contribution in [0.25, 0.3) is 0 Å². The molecule has 2 rings (SSSR count).